The van der Waals surface area contributed by atoms with Crippen molar-refractivity contribution in [2.75, 3.05) is 16.9 Å². The summed E-state index contributed by atoms with van der Waals surface area (Å²) < 4.78 is 73.1. The number of rotatable bonds is 14. The summed E-state index contributed by atoms with van der Waals surface area (Å²) in [6.45, 7) is 1.83. The molecule has 0 saturated heterocycles. The molecule has 0 fully saturated rings. The zero-order valence-electron chi connectivity index (χ0n) is 32.8. The molecule has 0 saturated carbocycles. The highest BCUT2D eigenvalue weighted by atomic mass is 32.2. The van der Waals surface area contributed by atoms with E-state index >= 15 is 0 Å². The summed E-state index contributed by atoms with van der Waals surface area (Å²) in [6.07, 6.45) is 0. The highest BCUT2D eigenvalue weighted by Crippen LogP contribution is 2.42. The molecule has 0 aliphatic carbocycles. The fourth-order valence-electron chi connectivity index (χ4n) is 6.06. The van der Waals surface area contributed by atoms with Crippen LogP contribution in [-0.2, 0) is 29.8 Å². The van der Waals surface area contributed by atoms with E-state index in [2.05, 4.69) is 41.1 Å². The molecule has 23 heteroatoms. The van der Waals surface area contributed by atoms with Crippen LogP contribution in [0, 0.1) is 0 Å². The summed E-state index contributed by atoms with van der Waals surface area (Å²) in [5.74, 6) is -3.49. The van der Waals surface area contributed by atoms with Gasteiger partial charge < -0.3 is 20.3 Å². The van der Waals surface area contributed by atoms with Gasteiger partial charge in [-0.15, -0.1) is 5.11 Å². The van der Waals surface area contributed by atoms with Crippen molar-refractivity contribution in [1.82, 2.24) is 0 Å². The minimum absolute atomic E-state index is 0.00689. The van der Waals surface area contributed by atoms with Crippen LogP contribution >= 0.6 is 0 Å². The first kappa shape index (κ1) is 44.0. The molecule has 5 N–H and O–H groups in total. The second-order valence-corrected chi connectivity index (χ2v) is 16.2. The maximum absolute atomic E-state index is 13.7. The van der Waals surface area contributed by atoms with Crippen LogP contribution in [0.25, 0.3) is 10.8 Å². The Hall–Kier alpha value is -8.12. The average Bonchev–Trinajstić information content (AvgIpc) is 3.60. The number of aliphatic carboxylic acids is 1. The number of carbonyl (C=O) groups excluding carboxylic acids is 2. The number of nitrogens with one attached hydrogen (secondary N) is 1. The quantitative estimate of drug-likeness (QED) is 0.0508. The Morgan fingerprint density at radius 1 is 0.766 bits per heavy atom. The van der Waals surface area contributed by atoms with Crippen molar-refractivity contribution in [2.45, 2.75) is 22.8 Å². The Labute approximate surface area is 362 Å². The van der Waals surface area contributed by atoms with Gasteiger partial charge in [0.1, 0.15) is 22.0 Å². The third-order valence-electron chi connectivity index (χ3n) is 9.01. The molecular formula is C41H31N9O12S2. The van der Waals surface area contributed by atoms with Crippen molar-refractivity contribution in [3.63, 3.8) is 0 Å². The number of benzene rings is 6. The number of azo groups is 3. The zero-order chi connectivity index (χ0) is 45.8. The SMILES string of the molecule is CCOc1cc(N=Nc2cccc(S(=O)(=O)O)c2)ccc1N=NC1C(=O)N(c2cccc(N=Nc3c(S(=O)(=O)O)cc4cc(NC(=O)c5ccccc5)ccc4c3O)c2)N=C1C(=O)O. The summed E-state index contributed by atoms with van der Waals surface area (Å²) >= 11 is 0. The van der Waals surface area contributed by atoms with Gasteiger partial charge >= 0.3 is 5.97 Å². The lowest BCUT2D eigenvalue weighted by molar-refractivity contribution is -0.130. The zero-order valence-corrected chi connectivity index (χ0v) is 34.4. The molecule has 1 atom stereocenters. The standard InChI is InChI=1S/C41H31N9O12S2/c1-2-62-33-22-28(44-43-27-11-7-13-30(21-27)63(56,57)58)15-17-32(33)46-48-36-37(41(54)55)49-50(40(36)53)29-12-6-10-26(20-29)45-47-35-34(64(59,60)61)19-24-18-25(14-16-31(24)38(35)51)42-39(52)23-8-4-3-5-9-23/h3-22,36,51H,2H2,1H3,(H,42,52)(H,54,55)(H,56,57,58)(H,59,60,61). The monoisotopic (exact) mass is 905 g/mol. The number of hydrazone groups is 1. The molecule has 0 radical (unpaired) electrons. The number of carboxylic acids is 1. The number of carboxylic acid groups (broad SMARTS) is 1. The number of fused-ring (bicyclic) bond motifs is 1. The van der Waals surface area contributed by atoms with Crippen molar-refractivity contribution in [3.8, 4) is 11.5 Å². The number of hydrogen-bond acceptors (Lipinski definition) is 16. The van der Waals surface area contributed by atoms with Crippen LogP contribution in [0.3, 0.4) is 0 Å². The number of amides is 2. The molecule has 1 aliphatic rings. The Balaban J connectivity index is 1.12. The van der Waals surface area contributed by atoms with E-state index in [-0.39, 0.29) is 62.1 Å². The predicted octanol–water partition coefficient (Wildman–Crippen LogP) is 8.46. The highest BCUT2D eigenvalue weighted by molar-refractivity contribution is 7.86. The van der Waals surface area contributed by atoms with E-state index in [9.17, 15) is 50.5 Å². The van der Waals surface area contributed by atoms with Crippen LogP contribution in [0.2, 0.25) is 0 Å². The summed E-state index contributed by atoms with van der Waals surface area (Å²) in [5, 5.41) is 52.8. The first-order chi connectivity index (χ1) is 30.5. The van der Waals surface area contributed by atoms with Gasteiger partial charge in [0.05, 0.1) is 34.3 Å². The molecule has 7 rings (SSSR count). The Morgan fingerprint density at radius 3 is 2.14 bits per heavy atom. The van der Waals surface area contributed by atoms with E-state index < -0.39 is 66.1 Å². The molecule has 1 unspecified atom stereocenters. The average molecular weight is 906 g/mol. The van der Waals surface area contributed by atoms with E-state index in [1.807, 2.05) is 0 Å². The van der Waals surface area contributed by atoms with Gasteiger partial charge in [-0.3, -0.25) is 18.7 Å². The molecule has 6 aromatic carbocycles. The van der Waals surface area contributed by atoms with Crippen molar-refractivity contribution in [2.24, 2.45) is 35.8 Å². The highest BCUT2D eigenvalue weighted by Gasteiger charge is 2.41. The van der Waals surface area contributed by atoms with Gasteiger partial charge in [-0.05, 0) is 97.2 Å². The summed E-state index contributed by atoms with van der Waals surface area (Å²) in [7, 11) is -9.49. The number of phenols is 1. The summed E-state index contributed by atoms with van der Waals surface area (Å²) in [5.41, 5.74) is -0.283. The molecule has 2 amide bonds. The van der Waals surface area contributed by atoms with E-state index in [1.165, 1.54) is 78.9 Å². The van der Waals surface area contributed by atoms with Crippen LogP contribution in [0.1, 0.15) is 17.3 Å². The van der Waals surface area contributed by atoms with Gasteiger partial charge in [0.15, 0.2) is 11.5 Å². The smallest absolute Gasteiger partial charge is 0.355 e. The normalized spacial score (nSPS) is 14.5. The van der Waals surface area contributed by atoms with Crippen molar-refractivity contribution < 1.29 is 55.3 Å². The summed E-state index contributed by atoms with van der Waals surface area (Å²) in [6, 6.07) is 26.8. The minimum atomic E-state index is -5.02. The van der Waals surface area contributed by atoms with Gasteiger partial charge in [0.2, 0.25) is 6.04 Å². The van der Waals surface area contributed by atoms with Crippen LogP contribution in [0.15, 0.2) is 167 Å². The molecule has 0 spiro atoms. The maximum atomic E-state index is 13.7. The molecule has 1 heterocycles. The lowest BCUT2D eigenvalue weighted by Crippen LogP contribution is -2.33. The van der Waals surface area contributed by atoms with Crippen LogP contribution in [0.4, 0.5) is 39.8 Å². The summed E-state index contributed by atoms with van der Waals surface area (Å²) in [4.78, 5) is 37.4. The second-order valence-electron chi connectivity index (χ2n) is 13.3. The lowest BCUT2D eigenvalue weighted by atomic mass is 10.1. The molecule has 0 aromatic heterocycles. The molecule has 64 heavy (non-hydrogen) atoms. The van der Waals surface area contributed by atoms with Crippen molar-refractivity contribution >= 4 is 94.3 Å². The fourth-order valence-corrected chi connectivity index (χ4v) is 7.24. The van der Waals surface area contributed by atoms with Crippen LogP contribution < -0.4 is 15.1 Å². The molecule has 324 valence electrons. The Kier molecular flexibility index (Phi) is 12.4. The van der Waals surface area contributed by atoms with E-state index in [4.69, 9.17) is 4.74 Å². The molecular weight excluding hydrogens is 875 g/mol. The molecule has 1 aliphatic heterocycles. The Bertz CT molecular complexity index is 3220. The van der Waals surface area contributed by atoms with E-state index in [0.29, 0.717) is 5.56 Å². The number of aromatic hydroxyl groups is 1. The lowest BCUT2D eigenvalue weighted by Gasteiger charge is -2.13. The molecule has 6 aromatic rings. The van der Waals surface area contributed by atoms with Gasteiger partial charge in [-0.25, -0.2) is 4.79 Å². The fraction of sp³-hybridized carbons (Fsp3) is 0.0732. The van der Waals surface area contributed by atoms with Crippen LogP contribution in [0.5, 0.6) is 11.5 Å². The van der Waals surface area contributed by atoms with Gasteiger partial charge in [-0.1, -0.05) is 30.3 Å². The third kappa shape index (κ3) is 9.82. The van der Waals surface area contributed by atoms with E-state index in [0.717, 1.165) is 17.1 Å². The minimum Gasteiger partial charge on any atom is -0.505 e. The van der Waals surface area contributed by atoms with Gasteiger partial charge in [0, 0.05) is 22.7 Å². The van der Waals surface area contributed by atoms with Crippen molar-refractivity contribution in [1.29, 1.82) is 0 Å². The predicted molar refractivity (Wildman–Crippen MR) is 229 cm³/mol. The van der Waals surface area contributed by atoms with Crippen LogP contribution in [-0.4, -0.2) is 72.3 Å². The molecule has 21 nitrogen and oxygen atoms in total. The number of anilines is 2. The van der Waals surface area contributed by atoms with Gasteiger partial charge in [0.25, 0.3) is 32.1 Å². The largest absolute Gasteiger partial charge is 0.505 e. The maximum Gasteiger partial charge on any atom is 0.355 e. The van der Waals surface area contributed by atoms with Crippen molar-refractivity contribution in [3.05, 3.63) is 127 Å². The number of phenolic OH excluding ortho intramolecular Hbond substituents is 1. The third-order valence-corrected chi connectivity index (χ3v) is 10.7. The van der Waals surface area contributed by atoms with E-state index in [1.54, 1.807) is 37.3 Å². The topological polar surface area (TPSA) is 311 Å². The number of hydrogen-bond donors (Lipinski definition) is 5. The first-order valence-electron chi connectivity index (χ1n) is 18.5. The number of nitrogens with zero attached hydrogens (tertiary/aromatic N) is 8. The molecule has 0 bridgehead atoms. The Morgan fingerprint density at radius 2 is 1.45 bits per heavy atom. The first-order valence-corrected chi connectivity index (χ1v) is 21.4. The number of carbonyl (C=O) groups is 3. The second kappa shape index (κ2) is 18.1. The number of ether oxygens (including phenoxy) is 1. The van der Waals surface area contributed by atoms with Gasteiger partial charge in [-0.2, -0.15) is 52.5 Å².